The third-order valence-electron chi connectivity index (χ3n) is 8.84. The Bertz CT molecular complexity index is 1550. The Balaban J connectivity index is 1.09. The number of hydrogen-bond acceptors (Lipinski definition) is 7. The smallest absolute Gasteiger partial charge is 0.394 e. The van der Waals surface area contributed by atoms with Crippen LogP contribution in [0.25, 0.3) is 5.82 Å². The minimum absolute atomic E-state index is 0.0325. The highest BCUT2D eigenvalue weighted by atomic mass is 35.5. The van der Waals surface area contributed by atoms with Crippen molar-refractivity contribution in [3.63, 3.8) is 0 Å². The molecule has 1 saturated heterocycles. The first-order valence-corrected chi connectivity index (χ1v) is 15.8. The van der Waals surface area contributed by atoms with Gasteiger partial charge < -0.3 is 4.74 Å². The van der Waals surface area contributed by atoms with E-state index in [2.05, 4.69) is 39.7 Å². The zero-order chi connectivity index (χ0) is 31.7. The highest BCUT2D eigenvalue weighted by Crippen LogP contribution is 2.59. The molecule has 1 saturated carbocycles. The second-order valence-corrected chi connectivity index (χ2v) is 13.7. The molecule has 1 N–H and O–H groups in total. The van der Waals surface area contributed by atoms with E-state index in [4.69, 9.17) is 16.3 Å². The van der Waals surface area contributed by atoms with Gasteiger partial charge in [-0.05, 0) is 68.5 Å². The number of amides is 1. The van der Waals surface area contributed by atoms with Crippen LogP contribution < -0.4 is 9.46 Å². The molecule has 1 atom stereocenters. The van der Waals surface area contributed by atoms with Crippen LogP contribution in [0.3, 0.4) is 0 Å². The van der Waals surface area contributed by atoms with Gasteiger partial charge >= 0.3 is 6.18 Å². The van der Waals surface area contributed by atoms with Crippen LogP contribution in [0.2, 0.25) is 16.8 Å². The number of ether oxygens (including phenoxy) is 1. The Morgan fingerprint density at radius 1 is 1.30 bits per heavy atom. The van der Waals surface area contributed by atoms with Gasteiger partial charge in [-0.25, -0.2) is 14.9 Å². The summed E-state index contributed by atoms with van der Waals surface area (Å²) in [5.41, 5.74) is -0.475. The van der Waals surface area contributed by atoms with E-state index >= 15 is 0 Å². The van der Waals surface area contributed by atoms with Crippen molar-refractivity contribution >= 4 is 36.2 Å². The Labute approximate surface area is 264 Å². The van der Waals surface area contributed by atoms with Gasteiger partial charge in [-0.15, -0.1) is 5.10 Å². The van der Waals surface area contributed by atoms with Crippen LogP contribution in [0.1, 0.15) is 68.4 Å². The van der Waals surface area contributed by atoms with Gasteiger partial charge in [0.1, 0.15) is 10.2 Å². The van der Waals surface area contributed by atoms with Crippen molar-refractivity contribution in [2.75, 3.05) is 6.61 Å². The highest BCUT2D eigenvalue weighted by Gasteiger charge is 2.62. The normalized spacial score (nSPS) is 18.7. The standard InChI is InChI=1S/C29H34BClF3N7O2S/c1-19-15-24(38-40(19)12-4-5-20-16-27(2,3)30(17-20)18-35)44-39-26(42)21-6-7-22(36-25(21)31)41-13-8-23(37-41)43-14-11-28(9-10-28)29(32,33)34/h6-8,13,15,20H,4-5,9-12,14,16-17H2,1-3H3,(H,39,42). The molecule has 3 aromatic heterocycles. The second kappa shape index (κ2) is 12.7. The van der Waals surface area contributed by atoms with Crippen LogP contribution in [0.5, 0.6) is 5.88 Å². The van der Waals surface area contributed by atoms with Gasteiger partial charge in [-0.2, -0.15) is 18.3 Å². The molecular formula is C29H34BClF3N7O2S. The zero-order valence-corrected chi connectivity index (χ0v) is 26.4. The summed E-state index contributed by atoms with van der Waals surface area (Å²) >= 11 is 7.41. The average Bonchev–Trinajstić information content (AvgIpc) is 3.32. The van der Waals surface area contributed by atoms with E-state index in [-0.39, 0.29) is 54.5 Å². The SMILES string of the molecule is Cc1cc(SNC(=O)c2ccc(-n3ccc(OCCC4(C(F)(F)F)CC4)n3)nc2Cl)nn1CCCC1CB(C#N)C(C)(C)C1. The van der Waals surface area contributed by atoms with E-state index in [1.54, 1.807) is 12.3 Å². The van der Waals surface area contributed by atoms with Gasteiger partial charge in [-0.3, -0.25) is 14.2 Å². The van der Waals surface area contributed by atoms with Gasteiger partial charge in [0.05, 0.1) is 17.6 Å². The van der Waals surface area contributed by atoms with Crippen molar-refractivity contribution in [1.82, 2.24) is 29.3 Å². The molecule has 2 fully saturated rings. The number of aryl methyl sites for hydroxylation is 2. The number of nitriles is 1. The van der Waals surface area contributed by atoms with Gasteiger partial charge in [0.2, 0.25) is 5.88 Å². The molecule has 4 heterocycles. The quantitative estimate of drug-likeness (QED) is 0.127. The highest BCUT2D eigenvalue weighted by molar-refractivity contribution is 7.97. The summed E-state index contributed by atoms with van der Waals surface area (Å²) in [5, 5.41) is 18.9. The molecule has 1 aliphatic heterocycles. The topological polar surface area (TPSA) is 111 Å². The summed E-state index contributed by atoms with van der Waals surface area (Å²) < 4.78 is 50.8. The predicted octanol–water partition coefficient (Wildman–Crippen LogP) is 7.11. The van der Waals surface area contributed by atoms with Crippen LogP contribution in [0.15, 0.2) is 35.5 Å². The molecule has 0 bridgehead atoms. The molecular weight excluding hydrogens is 614 g/mol. The predicted molar refractivity (Wildman–Crippen MR) is 162 cm³/mol. The number of carbonyl (C=O) groups is 1. The van der Waals surface area contributed by atoms with Crippen LogP contribution in [0.4, 0.5) is 13.2 Å². The summed E-state index contributed by atoms with van der Waals surface area (Å²) in [4.78, 5) is 17.1. The van der Waals surface area contributed by atoms with E-state index in [0.717, 1.165) is 49.8 Å². The van der Waals surface area contributed by atoms with Crippen LogP contribution >= 0.6 is 23.5 Å². The van der Waals surface area contributed by atoms with Crippen LogP contribution in [-0.4, -0.2) is 49.9 Å². The molecule has 0 aromatic carbocycles. The Hall–Kier alpha value is -3.18. The zero-order valence-electron chi connectivity index (χ0n) is 24.8. The fourth-order valence-corrected chi connectivity index (χ4v) is 6.83. The van der Waals surface area contributed by atoms with E-state index in [0.29, 0.717) is 16.8 Å². The molecule has 0 radical (unpaired) electrons. The molecule has 2 aliphatic rings. The maximum absolute atomic E-state index is 13.1. The Kier molecular flexibility index (Phi) is 9.28. The molecule has 234 valence electrons. The largest absolute Gasteiger partial charge is 0.477 e. The number of aromatic nitrogens is 5. The van der Waals surface area contributed by atoms with Crippen molar-refractivity contribution in [2.24, 2.45) is 11.3 Å². The minimum Gasteiger partial charge on any atom is -0.477 e. The summed E-state index contributed by atoms with van der Waals surface area (Å²) in [6.07, 6.45) is 1.52. The van der Waals surface area contributed by atoms with Gasteiger partial charge in [0, 0.05) is 42.4 Å². The Morgan fingerprint density at radius 2 is 2.07 bits per heavy atom. The first kappa shape index (κ1) is 32.2. The monoisotopic (exact) mass is 647 g/mol. The molecule has 44 heavy (non-hydrogen) atoms. The second-order valence-electron chi connectivity index (χ2n) is 12.5. The number of carbonyl (C=O) groups excluding carboxylic acids is 1. The minimum atomic E-state index is -4.22. The third-order valence-corrected chi connectivity index (χ3v) is 9.82. The van der Waals surface area contributed by atoms with Crippen LogP contribution in [-0.2, 0) is 6.54 Å². The number of halogens is 4. The molecule has 1 amide bonds. The lowest BCUT2D eigenvalue weighted by Crippen LogP contribution is -2.26. The van der Waals surface area contributed by atoms with Crippen molar-refractivity contribution < 1.29 is 22.7 Å². The van der Waals surface area contributed by atoms with Crippen molar-refractivity contribution in [1.29, 1.82) is 5.26 Å². The molecule has 15 heteroatoms. The van der Waals surface area contributed by atoms with Crippen molar-refractivity contribution in [3.8, 4) is 17.7 Å². The van der Waals surface area contributed by atoms with E-state index in [9.17, 15) is 23.2 Å². The molecule has 9 nitrogen and oxygen atoms in total. The number of hydrogen-bond donors (Lipinski definition) is 1. The van der Waals surface area contributed by atoms with E-state index < -0.39 is 17.5 Å². The number of alkyl halides is 3. The van der Waals surface area contributed by atoms with Gasteiger partial charge in [-0.1, -0.05) is 38.2 Å². The van der Waals surface area contributed by atoms with E-state index in [1.807, 2.05) is 17.7 Å². The fraction of sp³-hybridized carbons (Fsp3) is 0.552. The lowest BCUT2D eigenvalue weighted by molar-refractivity contribution is -0.190. The van der Waals surface area contributed by atoms with Gasteiger partial charge in [0.15, 0.2) is 5.82 Å². The summed E-state index contributed by atoms with van der Waals surface area (Å²) in [6, 6.07) is 6.52. The number of pyridine rings is 1. The third kappa shape index (κ3) is 7.20. The molecule has 5 rings (SSSR count). The first-order valence-electron chi connectivity index (χ1n) is 14.6. The summed E-state index contributed by atoms with van der Waals surface area (Å²) in [6.45, 7) is 7.12. The summed E-state index contributed by atoms with van der Waals surface area (Å²) in [7, 11) is 0. The average molecular weight is 648 g/mol. The molecule has 1 unspecified atom stereocenters. The maximum Gasteiger partial charge on any atom is 0.394 e. The van der Waals surface area contributed by atoms with E-state index in [1.165, 1.54) is 16.8 Å². The van der Waals surface area contributed by atoms with Gasteiger partial charge in [0.25, 0.3) is 12.6 Å². The van der Waals surface area contributed by atoms with Crippen molar-refractivity contribution in [2.45, 2.75) is 88.7 Å². The summed E-state index contributed by atoms with van der Waals surface area (Å²) in [5.74, 6) is 3.07. The molecule has 3 aromatic rings. The number of nitrogens with one attached hydrogen (secondary N) is 1. The molecule has 0 spiro atoms. The Morgan fingerprint density at radius 3 is 2.73 bits per heavy atom. The first-order chi connectivity index (χ1) is 20.8. The van der Waals surface area contributed by atoms with Crippen molar-refractivity contribution in [3.05, 3.63) is 46.9 Å². The fourth-order valence-electron chi connectivity index (χ4n) is 5.92. The number of rotatable bonds is 12. The molecule has 1 aliphatic carbocycles. The van der Waals surface area contributed by atoms with Crippen LogP contribution in [0, 0.1) is 29.5 Å². The lowest BCUT2D eigenvalue weighted by atomic mass is 9.37. The lowest BCUT2D eigenvalue weighted by Gasteiger charge is -2.19. The maximum atomic E-state index is 13.1. The number of nitrogens with zero attached hydrogens (tertiary/aromatic N) is 6.